The Morgan fingerprint density at radius 2 is 2.06 bits per heavy atom. The molecule has 1 aromatic rings. The highest BCUT2D eigenvalue weighted by Crippen LogP contribution is 2.20. The van der Waals surface area contributed by atoms with Crippen LogP contribution in [-0.4, -0.2) is 23.1 Å². The van der Waals surface area contributed by atoms with Crippen LogP contribution in [-0.2, 0) is 6.42 Å². The number of thiocarbonyl (C=S) groups is 1. The van der Waals surface area contributed by atoms with E-state index in [1.807, 2.05) is 12.1 Å². The van der Waals surface area contributed by atoms with E-state index in [0.717, 1.165) is 42.4 Å². The van der Waals surface area contributed by atoms with Crippen LogP contribution in [0.15, 0.2) is 18.2 Å². The number of nitrogen functional groups attached to an aromatic ring is 1. The van der Waals surface area contributed by atoms with Crippen LogP contribution in [0.3, 0.4) is 0 Å². The fourth-order valence-corrected chi connectivity index (χ4v) is 2.22. The van der Waals surface area contributed by atoms with E-state index in [1.54, 1.807) is 0 Å². The SMILES string of the molecule is CCCN(CC)C(=S)Nc1cc(N)ccc1CC. The molecular formula is C14H23N3S. The van der Waals surface area contributed by atoms with Gasteiger partial charge in [-0.15, -0.1) is 0 Å². The summed E-state index contributed by atoms with van der Waals surface area (Å²) in [5, 5.41) is 4.09. The molecule has 0 aliphatic heterocycles. The minimum atomic E-state index is 0.760. The van der Waals surface area contributed by atoms with Gasteiger partial charge in [-0.3, -0.25) is 0 Å². The third kappa shape index (κ3) is 3.88. The van der Waals surface area contributed by atoms with Crippen molar-refractivity contribution in [3.8, 4) is 0 Å². The maximum atomic E-state index is 5.83. The van der Waals surface area contributed by atoms with E-state index in [4.69, 9.17) is 18.0 Å². The molecule has 0 saturated carbocycles. The van der Waals surface area contributed by atoms with E-state index in [2.05, 4.69) is 37.1 Å². The maximum absolute atomic E-state index is 5.83. The molecule has 3 nitrogen and oxygen atoms in total. The molecule has 0 aromatic heterocycles. The Kier molecular flexibility index (Phi) is 5.92. The van der Waals surface area contributed by atoms with Crippen LogP contribution < -0.4 is 11.1 Å². The minimum absolute atomic E-state index is 0.760. The molecule has 1 rings (SSSR count). The van der Waals surface area contributed by atoms with Crippen LogP contribution in [0.1, 0.15) is 32.8 Å². The molecule has 0 amide bonds. The Morgan fingerprint density at radius 1 is 1.33 bits per heavy atom. The van der Waals surface area contributed by atoms with Crippen LogP contribution >= 0.6 is 12.2 Å². The molecule has 0 spiro atoms. The van der Waals surface area contributed by atoms with E-state index in [-0.39, 0.29) is 0 Å². The number of hydrogen-bond acceptors (Lipinski definition) is 2. The highest BCUT2D eigenvalue weighted by Gasteiger charge is 2.09. The van der Waals surface area contributed by atoms with Crippen LogP contribution in [0, 0.1) is 0 Å². The first kappa shape index (κ1) is 14.8. The van der Waals surface area contributed by atoms with Gasteiger partial charge in [0.25, 0.3) is 0 Å². The summed E-state index contributed by atoms with van der Waals surface area (Å²) in [5.41, 5.74) is 8.85. The molecule has 1 aromatic carbocycles. The number of nitrogens with two attached hydrogens (primary N) is 1. The van der Waals surface area contributed by atoms with Gasteiger partial charge in [0.15, 0.2) is 5.11 Å². The van der Waals surface area contributed by atoms with Crippen molar-refractivity contribution in [1.29, 1.82) is 0 Å². The van der Waals surface area contributed by atoms with Crippen molar-refractivity contribution in [2.75, 3.05) is 24.1 Å². The van der Waals surface area contributed by atoms with Gasteiger partial charge in [-0.25, -0.2) is 0 Å². The number of benzene rings is 1. The van der Waals surface area contributed by atoms with Crippen LogP contribution in [0.2, 0.25) is 0 Å². The molecular weight excluding hydrogens is 242 g/mol. The maximum Gasteiger partial charge on any atom is 0.173 e. The van der Waals surface area contributed by atoms with Crippen LogP contribution in [0.5, 0.6) is 0 Å². The summed E-state index contributed by atoms with van der Waals surface area (Å²) >= 11 is 5.45. The van der Waals surface area contributed by atoms with E-state index >= 15 is 0 Å². The van der Waals surface area contributed by atoms with Crippen molar-refractivity contribution in [3.05, 3.63) is 23.8 Å². The third-order valence-corrected chi connectivity index (χ3v) is 3.28. The summed E-state index contributed by atoms with van der Waals surface area (Å²) < 4.78 is 0. The Bertz CT molecular complexity index is 404. The molecule has 0 atom stereocenters. The molecule has 18 heavy (non-hydrogen) atoms. The fraction of sp³-hybridized carbons (Fsp3) is 0.500. The van der Waals surface area contributed by atoms with Crippen molar-refractivity contribution in [1.82, 2.24) is 4.90 Å². The molecule has 4 heteroatoms. The smallest absolute Gasteiger partial charge is 0.173 e. The van der Waals surface area contributed by atoms with Gasteiger partial charge in [0, 0.05) is 24.5 Å². The highest BCUT2D eigenvalue weighted by atomic mass is 32.1. The molecule has 0 aliphatic rings. The number of nitrogens with zero attached hydrogens (tertiary/aromatic N) is 1. The second-order valence-corrected chi connectivity index (χ2v) is 4.67. The average Bonchev–Trinajstić information content (AvgIpc) is 2.36. The highest BCUT2D eigenvalue weighted by molar-refractivity contribution is 7.80. The lowest BCUT2D eigenvalue weighted by atomic mass is 10.1. The zero-order chi connectivity index (χ0) is 13.5. The summed E-state index contributed by atoms with van der Waals surface area (Å²) in [4.78, 5) is 2.16. The number of rotatable bonds is 5. The first-order valence-electron chi connectivity index (χ1n) is 6.56. The van der Waals surface area contributed by atoms with Gasteiger partial charge in [-0.1, -0.05) is 19.9 Å². The van der Waals surface area contributed by atoms with Crippen molar-refractivity contribution in [3.63, 3.8) is 0 Å². The second-order valence-electron chi connectivity index (χ2n) is 4.28. The van der Waals surface area contributed by atoms with E-state index in [1.165, 1.54) is 5.56 Å². The largest absolute Gasteiger partial charge is 0.399 e. The minimum Gasteiger partial charge on any atom is -0.399 e. The van der Waals surface area contributed by atoms with Crippen molar-refractivity contribution >= 4 is 28.7 Å². The third-order valence-electron chi connectivity index (χ3n) is 2.92. The molecule has 100 valence electrons. The Hall–Kier alpha value is -1.29. The Balaban J connectivity index is 2.82. The molecule has 0 radical (unpaired) electrons. The Labute approximate surface area is 115 Å². The number of aryl methyl sites for hydroxylation is 1. The van der Waals surface area contributed by atoms with E-state index < -0.39 is 0 Å². The van der Waals surface area contributed by atoms with Crippen LogP contribution in [0.25, 0.3) is 0 Å². The standard InChI is InChI=1S/C14H23N3S/c1-4-9-17(6-3)14(18)16-13-10-12(15)8-7-11(13)5-2/h7-8,10H,4-6,9,15H2,1-3H3,(H,16,18). The van der Waals surface area contributed by atoms with Gasteiger partial charge in [0.05, 0.1) is 0 Å². The van der Waals surface area contributed by atoms with Crippen molar-refractivity contribution in [2.45, 2.75) is 33.6 Å². The predicted octanol–water partition coefficient (Wildman–Crippen LogP) is 3.26. The summed E-state index contributed by atoms with van der Waals surface area (Å²) in [6, 6.07) is 5.93. The normalized spacial score (nSPS) is 10.2. The summed E-state index contributed by atoms with van der Waals surface area (Å²) in [5.74, 6) is 0. The van der Waals surface area contributed by atoms with E-state index in [0.29, 0.717) is 0 Å². The first-order chi connectivity index (χ1) is 8.62. The first-order valence-corrected chi connectivity index (χ1v) is 6.97. The quantitative estimate of drug-likeness (QED) is 0.633. The lowest BCUT2D eigenvalue weighted by Gasteiger charge is -2.24. The summed E-state index contributed by atoms with van der Waals surface area (Å²) in [6.45, 7) is 8.30. The summed E-state index contributed by atoms with van der Waals surface area (Å²) in [6.07, 6.45) is 2.05. The molecule has 3 N–H and O–H groups in total. The van der Waals surface area contributed by atoms with Gasteiger partial charge in [0.1, 0.15) is 0 Å². The monoisotopic (exact) mass is 265 g/mol. The van der Waals surface area contributed by atoms with Gasteiger partial charge in [0.2, 0.25) is 0 Å². The topological polar surface area (TPSA) is 41.3 Å². The molecule has 0 bridgehead atoms. The molecule has 0 aliphatic carbocycles. The molecule has 0 unspecified atom stereocenters. The fourth-order valence-electron chi connectivity index (χ4n) is 1.89. The van der Waals surface area contributed by atoms with Gasteiger partial charge < -0.3 is 16.0 Å². The molecule has 0 saturated heterocycles. The van der Waals surface area contributed by atoms with Gasteiger partial charge >= 0.3 is 0 Å². The predicted molar refractivity (Wildman–Crippen MR) is 84.0 cm³/mol. The molecule has 0 heterocycles. The second kappa shape index (κ2) is 7.21. The van der Waals surface area contributed by atoms with Crippen molar-refractivity contribution in [2.24, 2.45) is 0 Å². The Morgan fingerprint density at radius 3 is 2.61 bits per heavy atom. The van der Waals surface area contributed by atoms with Crippen molar-refractivity contribution < 1.29 is 0 Å². The average molecular weight is 265 g/mol. The number of anilines is 2. The number of hydrogen-bond donors (Lipinski definition) is 2. The zero-order valence-electron chi connectivity index (χ0n) is 11.5. The zero-order valence-corrected chi connectivity index (χ0v) is 12.3. The van der Waals surface area contributed by atoms with Gasteiger partial charge in [-0.2, -0.15) is 0 Å². The van der Waals surface area contributed by atoms with E-state index in [9.17, 15) is 0 Å². The lowest BCUT2D eigenvalue weighted by molar-refractivity contribution is 0.446. The number of nitrogens with one attached hydrogen (secondary N) is 1. The molecule has 0 fully saturated rings. The summed E-state index contributed by atoms with van der Waals surface area (Å²) in [7, 11) is 0. The van der Waals surface area contributed by atoms with Gasteiger partial charge in [-0.05, 0) is 49.7 Å². The lowest BCUT2D eigenvalue weighted by Crippen LogP contribution is -2.35. The van der Waals surface area contributed by atoms with Crippen LogP contribution in [0.4, 0.5) is 11.4 Å².